The summed E-state index contributed by atoms with van der Waals surface area (Å²) in [7, 11) is 0.862. The van der Waals surface area contributed by atoms with E-state index in [9.17, 15) is 4.21 Å². The minimum atomic E-state index is -0.930. The highest BCUT2D eigenvalue weighted by Crippen LogP contribution is 2.22. The number of aromatic nitrogens is 1. The van der Waals surface area contributed by atoms with E-state index in [-0.39, 0.29) is 0 Å². The average molecular weight is 306 g/mol. The summed E-state index contributed by atoms with van der Waals surface area (Å²) in [6.45, 7) is 3.19. The van der Waals surface area contributed by atoms with Gasteiger partial charge in [-0.1, -0.05) is 0 Å². The Kier molecular flexibility index (Phi) is 4.42. The molecule has 1 N–H and O–H groups in total. The van der Waals surface area contributed by atoms with Gasteiger partial charge in [0.05, 0.1) is 6.10 Å². The predicted octanol–water partition coefficient (Wildman–Crippen LogP) is 2.17. The molecule has 1 aromatic heterocycles. The molecule has 3 rings (SSSR count). The number of methoxy groups -OCH3 is 1. The van der Waals surface area contributed by atoms with Gasteiger partial charge in [0.15, 0.2) is 0 Å². The van der Waals surface area contributed by atoms with E-state index in [0.717, 1.165) is 42.9 Å². The second kappa shape index (κ2) is 6.30. The first-order valence-corrected chi connectivity index (χ1v) is 8.92. The summed E-state index contributed by atoms with van der Waals surface area (Å²) >= 11 is 0. The van der Waals surface area contributed by atoms with Gasteiger partial charge in [0, 0.05) is 65.8 Å². The standard InChI is InChI=1S/C16H22N2O2S/c1-20-13-6-8-18(11-13)7-5-12-10-17-16-4-3-14(21(2)19)9-15(12)16/h3-4,9-10,13,17H,5-8,11H2,1-2H3/t13-,21?/m1/s1. The minimum Gasteiger partial charge on any atom is -0.380 e. The number of benzene rings is 1. The molecule has 2 aromatic rings. The van der Waals surface area contributed by atoms with E-state index < -0.39 is 10.8 Å². The zero-order chi connectivity index (χ0) is 14.8. The highest BCUT2D eigenvalue weighted by atomic mass is 32.2. The van der Waals surface area contributed by atoms with Gasteiger partial charge < -0.3 is 14.6 Å². The van der Waals surface area contributed by atoms with Crippen LogP contribution in [0.4, 0.5) is 0 Å². The quantitative estimate of drug-likeness (QED) is 0.921. The van der Waals surface area contributed by atoms with Crippen LogP contribution in [0.2, 0.25) is 0 Å². The zero-order valence-electron chi connectivity index (χ0n) is 12.6. The normalized spacial score (nSPS) is 21.1. The van der Waals surface area contributed by atoms with Crippen LogP contribution in [-0.4, -0.2) is 53.2 Å². The van der Waals surface area contributed by atoms with Crippen molar-refractivity contribution in [2.24, 2.45) is 0 Å². The van der Waals surface area contributed by atoms with Crippen molar-refractivity contribution in [2.45, 2.75) is 23.8 Å². The summed E-state index contributed by atoms with van der Waals surface area (Å²) in [5.74, 6) is 0. The molecule has 1 aliphatic rings. The molecule has 1 saturated heterocycles. The molecule has 0 bridgehead atoms. The summed E-state index contributed by atoms with van der Waals surface area (Å²) in [6, 6.07) is 6.01. The number of hydrogen-bond acceptors (Lipinski definition) is 3. The molecule has 0 radical (unpaired) electrons. The molecule has 0 aliphatic carbocycles. The van der Waals surface area contributed by atoms with Crippen LogP contribution < -0.4 is 0 Å². The molecular formula is C16H22N2O2S. The van der Waals surface area contributed by atoms with Crippen LogP contribution in [0.3, 0.4) is 0 Å². The average Bonchev–Trinajstić information content (AvgIpc) is 3.11. The molecule has 1 unspecified atom stereocenters. The van der Waals surface area contributed by atoms with E-state index in [1.165, 1.54) is 10.9 Å². The molecule has 5 heteroatoms. The van der Waals surface area contributed by atoms with Gasteiger partial charge in [-0.15, -0.1) is 0 Å². The van der Waals surface area contributed by atoms with Gasteiger partial charge in [-0.3, -0.25) is 4.21 Å². The van der Waals surface area contributed by atoms with Gasteiger partial charge in [-0.2, -0.15) is 0 Å². The Bertz CT molecular complexity index is 653. The molecular weight excluding hydrogens is 284 g/mol. The minimum absolute atomic E-state index is 0.391. The maximum Gasteiger partial charge on any atom is 0.0710 e. The number of nitrogens with zero attached hydrogens (tertiary/aromatic N) is 1. The highest BCUT2D eigenvalue weighted by molar-refractivity contribution is 7.84. The highest BCUT2D eigenvalue weighted by Gasteiger charge is 2.21. The Morgan fingerprint density at radius 1 is 1.48 bits per heavy atom. The van der Waals surface area contributed by atoms with Crippen molar-refractivity contribution in [2.75, 3.05) is 33.0 Å². The van der Waals surface area contributed by atoms with Crippen molar-refractivity contribution in [1.29, 1.82) is 0 Å². The Morgan fingerprint density at radius 3 is 3.05 bits per heavy atom. The van der Waals surface area contributed by atoms with Crippen LogP contribution in [0.5, 0.6) is 0 Å². The van der Waals surface area contributed by atoms with Gasteiger partial charge in [0.25, 0.3) is 0 Å². The third-order valence-corrected chi connectivity index (χ3v) is 5.25. The number of fused-ring (bicyclic) bond motifs is 1. The topological polar surface area (TPSA) is 45.3 Å². The molecule has 0 spiro atoms. The lowest BCUT2D eigenvalue weighted by Gasteiger charge is -2.15. The SMILES string of the molecule is CO[C@@H]1CCN(CCc2c[nH]c3ccc(S(C)=O)cc23)C1. The van der Waals surface area contributed by atoms with Gasteiger partial charge in [-0.05, 0) is 36.6 Å². The molecule has 21 heavy (non-hydrogen) atoms. The van der Waals surface area contributed by atoms with Crippen LogP contribution >= 0.6 is 0 Å². The number of H-pyrrole nitrogens is 1. The largest absolute Gasteiger partial charge is 0.380 e. The van der Waals surface area contributed by atoms with Crippen LogP contribution in [0.15, 0.2) is 29.3 Å². The fourth-order valence-electron chi connectivity index (χ4n) is 3.01. The van der Waals surface area contributed by atoms with E-state index in [1.54, 1.807) is 13.4 Å². The van der Waals surface area contributed by atoms with E-state index in [4.69, 9.17) is 4.74 Å². The summed E-state index contributed by atoms with van der Waals surface area (Å²) in [5, 5.41) is 1.20. The third-order valence-electron chi connectivity index (χ3n) is 4.33. The van der Waals surface area contributed by atoms with Crippen LogP contribution in [0.25, 0.3) is 10.9 Å². The lowest BCUT2D eigenvalue weighted by molar-refractivity contribution is 0.108. The first-order chi connectivity index (χ1) is 10.2. The van der Waals surface area contributed by atoms with Crippen molar-refractivity contribution >= 4 is 21.7 Å². The lowest BCUT2D eigenvalue weighted by Crippen LogP contribution is -2.25. The van der Waals surface area contributed by atoms with E-state index in [0.29, 0.717) is 6.10 Å². The number of hydrogen-bond donors (Lipinski definition) is 1. The van der Waals surface area contributed by atoms with Gasteiger partial charge >= 0.3 is 0 Å². The molecule has 1 aliphatic heterocycles. The Hall–Kier alpha value is -1.17. The second-order valence-electron chi connectivity index (χ2n) is 5.67. The molecule has 1 fully saturated rings. The summed E-state index contributed by atoms with van der Waals surface area (Å²) in [4.78, 5) is 6.65. The molecule has 0 saturated carbocycles. The Balaban J connectivity index is 1.72. The van der Waals surface area contributed by atoms with E-state index >= 15 is 0 Å². The zero-order valence-corrected chi connectivity index (χ0v) is 13.4. The van der Waals surface area contributed by atoms with Crippen molar-refractivity contribution in [3.8, 4) is 0 Å². The fourth-order valence-corrected chi connectivity index (χ4v) is 3.56. The lowest BCUT2D eigenvalue weighted by atomic mass is 10.1. The fraction of sp³-hybridized carbons (Fsp3) is 0.500. The summed E-state index contributed by atoms with van der Waals surface area (Å²) in [6.07, 6.45) is 6.33. The monoisotopic (exact) mass is 306 g/mol. The van der Waals surface area contributed by atoms with Crippen molar-refractivity contribution in [3.63, 3.8) is 0 Å². The Labute approximate surface area is 127 Å². The van der Waals surface area contributed by atoms with Crippen molar-refractivity contribution in [3.05, 3.63) is 30.0 Å². The van der Waals surface area contributed by atoms with Crippen LogP contribution in [0.1, 0.15) is 12.0 Å². The molecule has 4 nitrogen and oxygen atoms in total. The molecule has 2 atom stereocenters. The predicted molar refractivity (Wildman–Crippen MR) is 86.2 cm³/mol. The van der Waals surface area contributed by atoms with Crippen molar-refractivity contribution < 1.29 is 8.95 Å². The number of aromatic amines is 1. The molecule has 114 valence electrons. The molecule has 1 aromatic carbocycles. The van der Waals surface area contributed by atoms with Crippen molar-refractivity contribution in [1.82, 2.24) is 9.88 Å². The first kappa shape index (κ1) is 14.8. The number of nitrogens with one attached hydrogen (secondary N) is 1. The number of ether oxygens (including phenoxy) is 1. The first-order valence-electron chi connectivity index (χ1n) is 7.36. The maximum absolute atomic E-state index is 11.6. The molecule has 0 amide bonds. The van der Waals surface area contributed by atoms with Crippen LogP contribution in [-0.2, 0) is 22.0 Å². The summed E-state index contributed by atoms with van der Waals surface area (Å²) < 4.78 is 17.0. The maximum atomic E-state index is 11.6. The second-order valence-corrected chi connectivity index (χ2v) is 7.05. The Morgan fingerprint density at radius 2 is 2.33 bits per heavy atom. The number of rotatable bonds is 5. The molecule has 2 heterocycles. The van der Waals surface area contributed by atoms with Gasteiger partial charge in [-0.25, -0.2) is 0 Å². The van der Waals surface area contributed by atoms with E-state index in [1.807, 2.05) is 12.1 Å². The summed E-state index contributed by atoms with van der Waals surface area (Å²) in [5.41, 5.74) is 2.42. The van der Waals surface area contributed by atoms with Crippen LogP contribution in [0, 0.1) is 0 Å². The van der Waals surface area contributed by atoms with Gasteiger partial charge in [0.2, 0.25) is 0 Å². The smallest absolute Gasteiger partial charge is 0.0710 e. The van der Waals surface area contributed by atoms with E-state index in [2.05, 4.69) is 22.1 Å². The third kappa shape index (κ3) is 3.20. The van der Waals surface area contributed by atoms with Gasteiger partial charge in [0.1, 0.15) is 0 Å². The number of likely N-dealkylation sites (tertiary alicyclic amines) is 1.